The van der Waals surface area contributed by atoms with Crippen LogP contribution >= 0.6 is 0 Å². The van der Waals surface area contributed by atoms with Crippen molar-refractivity contribution in [1.29, 1.82) is 0 Å². The Morgan fingerprint density at radius 2 is 1.90 bits per heavy atom. The number of unbranched alkanes of at least 4 members (excludes halogenated alkanes) is 1. The molecule has 1 aromatic rings. The maximum Gasteiger partial charge on any atom is 0.0475 e. The van der Waals surface area contributed by atoms with Crippen LogP contribution in [0.2, 0.25) is 0 Å². The van der Waals surface area contributed by atoms with Gasteiger partial charge in [-0.3, -0.25) is 4.90 Å². The highest BCUT2D eigenvalue weighted by molar-refractivity contribution is 5.20. The summed E-state index contributed by atoms with van der Waals surface area (Å²) in [5, 5.41) is 3.70. The summed E-state index contributed by atoms with van der Waals surface area (Å²) in [4.78, 5) is 2.74. The van der Waals surface area contributed by atoms with Gasteiger partial charge in [0.25, 0.3) is 0 Å². The third kappa shape index (κ3) is 4.07. The second-order valence-electron chi connectivity index (χ2n) is 6.01. The molecule has 1 N–H and O–H groups in total. The Bertz CT molecular complexity index is 372. The van der Waals surface area contributed by atoms with E-state index in [-0.39, 0.29) is 0 Å². The van der Waals surface area contributed by atoms with Crippen molar-refractivity contribution in [3.8, 4) is 0 Å². The molecule has 2 rings (SSSR count). The molecule has 1 aromatic carbocycles. The Morgan fingerprint density at radius 3 is 2.45 bits per heavy atom. The second-order valence-corrected chi connectivity index (χ2v) is 6.01. The van der Waals surface area contributed by atoms with Crippen LogP contribution in [0.3, 0.4) is 0 Å². The zero-order chi connectivity index (χ0) is 14.4. The Kier molecular flexibility index (Phi) is 6.06. The van der Waals surface area contributed by atoms with Gasteiger partial charge in [-0.25, -0.2) is 0 Å². The molecular formula is C18H30N2. The van der Waals surface area contributed by atoms with Gasteiger partial charge in [0.2, 0.25) is 0 Å². The lowest BCUT2D eigenvalue weighted by molar-refractivity contribution is 0.158. The van der Waals surface area contributed by atoms with Gasteiger partial charge in [-0.15, -0.1) is 0 Å². The lowest BCUT2D eigenvalue weighted by atomic mass is 9.98. The number of nitrogens with zero attached hydrogens (tertiary/aromatic N) is 1. The molecule has 0 radical (unpaired) electrons. The maximum atomic E-state index is 3.70. The van der Waals surface area contributed by atoms with E-state index in [1.807, 2.05) is 0 Å². The Morgan fingerprint density at radius 1 is 1.20 bits per heavy atom. The number of likely N-dealkylation sites (N-methyl/N-ethyl adjacent to an activating group) is 1. The third-order valence-electron chi connectivity index (χ3n) is 4.37. The summed E-state index contributed by atoms with van der Waals surface area (Å²) < 4.78 is 0. The molecule has 1 aliphatic rings. The molecule has 112 valence electrons. The van der Waals surface area contributed by atoms with Crippen LogP contribution in [0, 0.1) is 0 Å². The number of hydrogen-bond donors (Lipinski definition) is 1. The molecule has 0 amide bonds. The highest BCUT2D eigenvalue weighted by atomic mass is 15.2. The van der Waals surface area contributed by atoms with Gasteiger partial charge in [-0.05, 0) is 44.8 Å². The van der Waals surface area contributed by atoms with Crippen molar-refractivity contribution >= 4 is 0 Å². The minimum absolute atomic E-state index is 0.443. The van der Waals surface area contributed by atoms with Crippen LogP contribution in [0.5, 0.6) is 0 Å². The summed E-state index contributed by atoms with van der Waals surface area (Å²) >= 11 is 0. The fraction of sp³-hybridized carbons (Fsp3) is 0.667. The van der Waals surface area contributed by atoms with Crippen LogP contribution in [-0.2, 0) is 0 Å². The van der Waals surface area contributed by atoms with Gasteiger partial charge in [0.1, 0.15) is 0 Å². The summed E-state index contributed by atoms with van der Waals surface area (Å²) in [6, 6.07) is 12.8. The van der Waals surface area contributed by atoms with E-state index in [1.165, 1.54) is 37.8 Å². The Hall–Kier alpha value is -0.860. The molecule has 0 heterocycles. The molecule has 2 atom stereocenters. The normalized spacial score (nSPS) is 18.2. The highest BCUT2D eigenvalue weighted by Gasteiger charge is 2.34. The summed E-state index contributed by atoms with van der Waals surface area (Å²) in [5.74, 6) is 0. The van der Waals surface area contributed by atoms with Gasteiger partial charge < -0.3 is 5.32 Å². The van der Waals surface area contributed by atoms with E-state index in [1.54, 1.807) is 0 Å². The quantitative estimate of drug-likeness (QED) is 0.732. The van der Waals surface area contributed by atoms with Crippen LogP contribution in [-0.4, -0.2) is 30.1 Å². The first-order chi connectivity index (χ1) is 9.77. The summed E-state index contributed by atoms with van der Waals surface area (Å²) in [5.41, 5.74) is 1.42. The zero-order valence-electron chi connectivity index (χ0n) is 13.3. The van der Waals surface area contributed by atoms with Crippen LogP contribution in [0.4, 0.5) is 0 Å². The predicted octanol–water partition coefficient (Wildman–Crippen LogP) is 3.99. The average Bonchev–Trinajstić information content (AvgIpc) is 3.30. The summed E-state index contributed by atoms with van der Waals surface area (Å²) in [6.07, 6.45) is 5.38. The first kappa shape index (κ1) is 15.5. The standard InChI is InChI=1S/C18H30N2/c1-4-6-14-20(17-12-13-17)15(3)18(19-5-2)16-10-8-7-9-11-16/h7-11,15,17-19H,4-6,12-14H2,1-3H3. The van der Waals surface area contributed by atoms with E-state index < -0.39 is 0 Å². The van der Waals surface area contributed by atoms with Crippen molar-refractivity contribution < 1.29 is 0 Å². The van der Waals surface area contributed by atoms with E-state index in [4.69, 9.17) is 0 Å². The minimum Gasteiger partial charge on any atom is -0.309 e. The van der Waals surface area contributed by atoms with E-state index in [2.05, 4.69) is 61.3 Å². The molecular weight excluding hydrogens is 244 g/mol. The SMILES string of the molecule is CCCCN(C1CC1)C(C)C(NCC)c1ccccc1. The molecule has 2 nitrogen and oxygen atoms in total. The Labute approximate surface area is 124 Å². The van der Waals surface area contributed by atoms with Crippen molar-refractivity contribution in [2.45, 2.75) is 64.6 Å². The van der Waals surface area contributed by atoms with Crippen LogP contribution in [0.15, 0.2) is 30.3 Å². The van der Waals surface area contributed by atoms with E-state index >= 15 is 0 Å². The smallest absolute Gasteiger partial charge is 0.0475 e. The lowest BCUT2D eigenvalue weighted by Crippen LogP contribution is -2.44. The average molecular weight is 274 g/mol. The fourth-order valence-corrected chi connectivity index (χ4v) is 3.10. The topological polar surface area (TPSA) is 15.3 Å². The van der Waals surface area contributed by atoms with Gasteiger partial charge in [0.05, 0.1) is 0 Å². The molecule has 0 aromatic heterocycles. The molecule has 1 saturated carbocycles. The zero-order valence-corrected chi connectivity index (χ0v) is 13.3. The number of rotatable bonds is 9. The van der Waals surface area contributed by atoms with E-state index in [9.17, 15) is 0 Å². The molecule has 0 spiro atoms. The third-order valence-corrected chi connectivity index (χ3v) is 4.37. The molecule has 0 aliphatic heterocycles. The van der Waals surface area contributed by atoms with Gasteiger partial charge in [-0.1, -0.05) is 50.6 Å². The number of nitrogens with one attached hydrogen (secondary N) is 1. The van der Waals surface area contributed by atoms with Crippen LogP contribution in [0.1, 0.15) is 58.1 Å². The van der Waals surface area contributed by atoms with E-state index in [0.29, 0.717) is 12.1 Å². The predicted molar refractivity (Wildman–Crippen MR) is 87.0 cm³/mol. The number of benzene rings is 1. The molecule has 0 bridgehead atoms. The highest BCUT2D eigenvalue weighted by Crippen LogP contribution is 2.32. The summed E-state index contributed by atoms with van der Waals surface area (Å²) in [7, 11) is 0. The lowest BCUT2D eigenvalue weighted by Gasteiger charge is -2.36. The molecule has 1 fully saturated rings. The van der Waals surface area contributed by atoms with Crippen molar-refractivity contribution in [1.82, 2.24) is 10.2 Å². The van der Waals surface area contributed by atoms with Crippen molar-refractivity contribution in [2.75, 3.05) is 13.1 Å². The molecule has 2 unspecified atom stereocenters. The van der Waals surface area contributed by atoms with Crippen LogP contribution in [0.25, 0.3) is 0 Å². The van der Waals surface area contributed by atoms with Gasteiger partial charge >= 0.3 is 0 Å². The first-order valence-electron chi connectivity index (χ1n) is 8.32. The van der Waals surface area contributed by atoms with E-state index in [0.717, 1.165) is 12.6 Å². The molecule has 2 heteroatoms. The molecule has 0 saturated heterocycles. The monoisotopic (exact) mass is 274 g/mol. The Balaban J connectivity index is 2.10. The fourth-order valence-electron chi connectivity index (χ4n) is 3.10. The first-order valence-corrected chi connectivity index (χ1v) is 8.32. The molecule has 20 heavy (non-hydrogen) atoms. The van der Waals surface area contributed by atoms with Crippen molar-refractivity contribution in [3.63, 3.8) is 0 Å². The largest absolute Gasteiger partial charge is 0.309 e. The van der Waals surface area contributed by atoms with Crippen LogP contribution < -0.4 is 5.32 Å². The van der Waals surface area contributed by atoms with Gasteiger partial charge in [0, 0.05) is 18.1 Å². The van der Waals surface area contributed by atoms with Gasteiger partial charge in [0.15, 0.2) is 0 Å². The minimum atomic E-state index is 0.443. The van der Waals surface area contributed by atoms with Crippen molar-refractivity contribution in [2.24, 2.45) is 0 Å². The second kappa shape index (κ2) is 7.80. The van der Waals surface area contributed by atoms with Gasteiger partial charge in [-0.2, -0.15) is 0 Å². The maximum absolute atomic E-state index is 3.70. The number of hydrogen-bond acceptors (Lipinski definition) is 2. The van der Waals surface area contributed by atoms with Crippen molar-refractivity contribution in [3.05, 3.63) is 35.9 Å². The summed E-state index contributed by atoms with van der Waals surface area (Å²) in [6.45, 7) is 9.16. The molecule has 1 aliphatic carbocycles.